The fourth-order valence-corrected chi connectivity index (χ4v) is 13.1. The molecule has 0 radical (unpaired) electrons. The highest BCUT2D eigenvalue weighted by molar-refractivity contribution is 6.91. The predicted molar refractivity (Wildman–Crippen MR) is 195 cm³/mol. The van der Waals surface area contributed by atoms with Crippen LogP contribution in [0.5, 0.6) is 5.75 Å². The topological polar surface area (TPSA) is 112 Å². The van der Waals surface area contributed by atoms with Crippen molar-refractivity contribution in [3.05, 3.63) is 83.9 Å². The second kappa shape index (κ2) is 13.6. The zero-order chi connectivity index (χ0) is 35.2. The lowest BCUT2D eigenvalue weighted by Gasteiger charge is -2.37. The maximum atomic E-state index is 15.2. The average Bonchev–Trinajstić information content (AvgIpc) is 3.79. The summed E-state index contributed by atoms with van der Waals surface area (Å²) in [6.45, 7) is 9.11. The monoisotopic (exact) mass is 696 g/mol. The molecule has 3 amide bonds. The number of fused-ring (bicyclic) bond motifs is 2. The number of carbonyl (C=O) groups is 3. The van der Waals surface area contributed by atoms with Crippen LogP contribution in [0.1, 0.15) is 37.3 Å². The van der Waals surface area contributed by atoms with Gasteiger partial charge in [0.15, 0.2) is 5.60 Å². The van der Waals surface area contributed by atoms with Crippen LogP contribution < -0.4 is 25.0 Å². The Morgan fingerprint density at radius 2 is 1.82 bits per heavy atom. The lowest BCUT2D eigenvalue weighted by Crippen LogP contribution is -2.52. The standard InChI is InChI=1S/C39H48N4O6Si/c1-26-37(50(3,4)31-15-13-30(48-2)14-16-31)34(22-35(45)41-19-8-11-29(41)25-44)49-39(26)32-21-28(42-20-18-40-23-36(42)46)12-17-33(32)43(38(39)47)24-27-9-6-5-7-10-27/h5-7,9-10,12-17,21,26,29,34,37,40,44H,8,11,18-20,22-25H2,1-4H3/t26-,29+,34+,37-,39+/m1/s1. The van der Waals surface area contributed by atoms with Gasteiger partial charge < -0.3 is 34.6 Å². The zero-order valence-electron chi connectivity index (χ0n) is 29.4. The number of rotatable bonds is 9. The number of ether oxygens (including phenoxy) is 2. The molecule has 10 nitrogen and oxygen atoms in total. The number of hydrogen-bond acceptors (Lipinski definition) is 7. The number of nitrogens with zero attached hydrogens (tertiary/aromatic N) is 3. The van der Waals surface area contributed by atoms with Crippen LogP contribution in [0.2, 0.25) is 18.6 Å². The molecule has 4 aliphatic heterocycles. The molecule has 0 aromatic heterocycles. The molecule has 0 bridgehead atoms. The van der Waals surface area contributed by atoms with Crippen molar-refractivity contribution in [3.8, 4) is 5.75 Å². The van der Waals surface area contributed by atoms with Crippen LogP contribution in [-0.2, 0) is 31.3 Å². The normalized spacial score (nSPS) is 26.6. The van der Waals surface area contributed by atoms with Crippen molar-refractivity contribution in [3.63, 3.8) is 0 Å². The molecule has 4 heterocycles. The largest absolute Gasteiger partial charge is 0.497 e. The van der Waals surface area contributed by atoms with Crippen LogP contribution in [0.15, 0.2) is 72.8 Å². The van der Waals surface area contributed by atoms with Gasteiger partial charge in [0.2, 0.25) is 11.8 Å². The van der Waals surface area contributed by atoms with Gasteiger partial charge in [-0.15, -0.1) is 0 Å². The number of aliphatic hydroxyl groups is 1. The summed E-state index contributed by atoms with van der Waals surface area (Å²) in [4.78, 5) is 47.8. The molecule has 0 saturated carbocycles. The zero-order valence-corrected chi connectivity index (χ0v) is 30.4. The second-order valence-electron chi connectivity index (χ2n) is 14.7. The highest BCUT2D eigenvalue weighted by Crippen LogP contribution is 2.60. The summed E-state index contributed by atoms with van der Waals surface area (Å²) in [5, 5.41) is 14.4. The van der Waals surface area contributed by atoms with E-state index in [0.29, 0.717) is 26.2 Å². The van der Waals surface area contributed by atoms with Crippen LogP contribution in [0.4, 0.5) is 11.4 Å². The lowest BCUT2D eigenvalue weighted by molar-refractivity contribution is -0.150. The first kappa shape index (κ1) is 34.4. The van der Waals surface area contributed by atoms with E-state index in [1.165, 1.54) is 5.19 Å². The number of amides is 3. The van der Waals surface area contributed by atoms with Gasteiger partial charge in [-0.05, 0) is 54.3 Å². The number of nitrogens with one attached hydrogen (secondary N) is 1. The summed E-state index contributed by atoms with van der Waals surface area (Å²) in [6, 6.07) is 23.8. The van der Waals surface area contributed by atoms with Crippen LogP contribution in [0.25, 0.3) is 0 Å². The fourth-order valence-electron chi connectivity index (χ4n) is 9.12. The van der Waals surface area contributed by atoms with Crippen molar-refractivity contribution in [1.82, 2.24) is 10.2 Å². The molecule has 264 valence electrons. The summed E-state index contributed by atoms with van der Waals surface area (Å²) < 4.78 is 12.7. The lowest BCUT2D eigenvalue weighted by atomic mass is 9.82. The first-order chi connectivity index (χ1) is 24.1. The Balaban J connectivity index is 1.35. The van der Waals surface area contributed by atoms with E-state index in [0.717, 1.165) is 41.1 Å². The second-order valence-corrected chi connectivity index (χ2v) is 19.4. The van der Waals surface area contributed by atoms with Gasteiger partial charge in [-0.2, -0.15) is 0 Å². The molecule has 4 aliphatic rings. The predicted octanol–water partition coefficient (Wildman–Crippen LogP) is 3.77. The molecule has 0 aliphatic carbocycles. The molecule has 0 unspecified atom stereocenters. The van der Waals surface area contributed by atoms with Gasteiger partial charge in [0, 0.05) is 36.8 Å². The van der Waals surface area contributed by atoms with Crippen molar-refractivity contribution in [2.75, 3.05) is 49.7 Å². The quantitative estimate of drug-likeness (QED) is 0.328. The summed E-state index contributed by atoms with van der Waals surface area (Å²) in [7, 11) is -0.828. The summed E-state index contributed by atoms with van der Waals surface area (Å²) in [6.07, 6.45) is 1.21. The van der Waals surface area contributed by atoms with E-state index < -0.39 is 19.8 Å². The van der Waals surface area contributed by atoms with Gasteiger partial charge >= 0.3 is 0 Å². The fraction of sp³-hybridized carbons (Fsp3) is 0.462. The summed E-state index contributed by atoms with van der Waals surface area (Å²) in [5.41, 5.74) is 1.79. The molecule has 5 atom stereocenters. The minimum Gasteiger partial charge on any atom is -0.497 e. The Bertz CT molecular complexity index is 1750. The van der Waals surface area contributed by atoms with Crippen molar-refractivity contribution >= 4 is 42.4 Å². The third kappa shape index (κ3) is 5.74. The van der Waals surface area contributed by atoms with E-state index in [4.69, 9.17) is 9.47 Å². The molecular formula is C39H48N4O6Si. The molecule has 3 aromatic rings. The van der Waals surface area contributed by atoms with Gasteiger partial charge in [0.05, 0.1) is 59.1 Å². The molecule has 3 saturated heterocycles. The molecule has 11 heteroatoms. The SMILES string of the molecule is COc1ccc([Si](C)(C)[C@H]2[C@H](CC(=O)N3CCC[C@H]3CO)O[C@@]3(C(=O)N(Cc4ccccc4)c4ccc(N5CCNCC5=O)cc43)[C@@H]2C)cc1. The molecule has 2 N–H and O–H groups in total. The molecule has 1 spiro atoms. The Morgan fingerprint density at radius 1 is 1.06 bits per heavy atom. The first-order valence-corrected chi connectivity index (χ1v) is 20.9. The maximum absolute atomic E-state index is 15.2. The van der Waals surface area contributed by atoms with Crippen molar-refractivity contribution in [2.24, 2.45) is 5.92 Å². The Labute approximate surface area is 295 Å². The van der Waals surface area contributed by atoms with E-state index in [9.17, 15) is 14.7 Å². The Kier molecular flexibility index (Phi) is 9.36. The number of carbonyl (C=O) groups excluding carboxylic acids is 3. The summed E-state index contributed by atoms with van der Waals surface area (Å²) in [5.74, 6) is 0.272. The van der Waals surface area contributed by atoms with Crippen molar-refractivity contribution in [2.45, 2.75) is 69.1 Å². The van der Waals surface area contributed by atoms with Crippen LogP contribution in [-0.4, -0.2) is 87.8 Å². The molecule has 3 aromatic carbocycles. The number of likely N-dealkylation sites (tertiary alicyclic amines) is 1. The highest BCUT2D eigenvalue weighted by Gasteiger charge is 2.66. The molecule has 7 rings (SSSR count). The Morgan fingerprint density at radius 3 is 2.52 bits per heavy atom. The van der Waals surface area contributed by atoms with Gasteiger partial charge in [0.25, 0.3) is 5.91 Å². The molecular weight excluding hydrogens is 649 g/mol. The van der Waals surface area contributed by atoms with Gasteiger partial charge in [0.1, 0.15) is 5.75 Å². The molecule has 50 heavy (non-hydrogen) atoms. The van der Waals surface area contributed by atoms with Crippen molar-refractivity contribution < 1.29 is 29.0 Å². The van der Waals surface area contributed by atoms with Crippen LogP contribution in [0.3, 0.4) is 0 Å². The van der Waals surface area contributed by atoms with Gasteiger partial charge in [-0.25, -0.2) is 0 Å². The number of anilines is 2. The third-order valence-electron chi connectivity index (χ3n) is 11.7. The average molecular weight is 697 g/mol. The first-order valence-electron chi connectivity index (χ1n) is 17.8. The van der Waals surface area contributed by atoms with Crippen LogP contribution in [0, 0.1) is 5.92 Å². The third-order valence-corrected chi connectivity index (χ3v) is 16.0. The summed E-state index contributed by atoms with van der Waals surface area (Å²) >= 11 is 0. The van der Waals surface area contributed by atoms with E-state index in [1.54, 1.807) is 16.9 Å². The number of benzene rings is 3. The van der Waals surface area contributed by atoms with Gasteiger partial charge in [-0.3, -0.25) is 14.4 Å². The molecule has 3 fully saturated rings. The van der Waals surface area contributed by atoms with E-state index in [-0.39, 0.29) is 54.8 Å². The van der Waals surface area contributed by atoms with E-state index >= 15 is 4.79 Å². The van der Waals surface area contributed by atoms with Gasteiger partial charge in [-0.1, -0.05) is 67.7 Å². The highest BCUT2D eigenvalue weighted by atomic mass is 28.3. The number of hydrogen-bond donors (Lipinski definition) is 2. The Hall–Kier alpha value is -4.03. The van der Waals surface area contributed by atoms with E-state index in [2.05, 4.69) is 37.5 Å². The minimum atomic E-state index is -2.48. The number of aliphatic hydroxyl groups excluding tert-OH is 1. The number of methoxy groups -OCH3 is 1. The van der Waals surface area contributed by atoms with E-state index in [1.807, 2.05) is 65.6 Å². The minimum absolute atomic E-state index is 0.0189. The van der Waals surface area contributed by atoms with Crippen LogP contribution >= 0.6 is 0 Å². The maximum Gasteiger partial charge on any atom is 0.264 e. The smallest absolute Gasteiger partial charge is 0.264 e. The number of piperazine rings is 1. The van der Waals surface area contributed by atoms with Crippen molar-refractivity contribution in [1.29, 1.82) is 0 Å².